The lowest BCUT2D eigenvalue weighted by atomic mass is 10.2. The van der Waals surface area contributed by atoms with Crippen LogP contribution >= 0.6 is 15.9 Å². The first kappa shape index (κ1) is 20.5. The van der Waals surface area contributed by atoms with Crippen molar-refractivity contribution >= 4 is 33.3 Å². The number of anilines is 2. The molecular formula is C19H16BrFN8O2. The van der Waals surface area contributed by atoms with Gasteiger partial charge >= 0.3 is 0 Å². The van der Waals surface area contributed by atoms with Crippen LogP contribution in [0.5, 0.6) is 0 Å². The molecule has 2 heterocycles. The van der Waals surface area contributed by atoms with Gasteiger partial charge < -0.3 is 15.8 Å². The normalized spacial score (nSPS) is 11.5. The standard InChI is InChI=1S/C19H16BrFN8O2/c20-14-10-13(6-7-15(14)21)23-19(25-30)17-18(27-31-26-17)22-8-9-29-11-16(24-28-29)12-4-2-1-3-5-12/h1-7,10-11,30H,8-9H2,(H,22,27)(H,23,25). The summed E-state index contributed by atoms with van der Waals surface area (Å²) in [5, 5.41) is 34.4. The maximum atomic E-state index is 13.4. The first-order valence-electron chi connectivity index (χ1n) is 9.10. The van der Waals surface area contributed by atoms with E-state index in [1.54, 1.807) is 4.68 Å². The minimum Gasteiger partial charge on any atom is -0.409 e. The lowest BCUT2D eigenvalue weighted by Crippen LogP contribution is -2.18. The van der Waals surface area contributed by atoms with Crippen molar-refractivity contribution in [1.82, 2.24) is 25.3 Å². The van der Waals surface area contributed by atoms with E-state index >= 15 is 0 Å². The van der Waals surface area contributed by atoms with Gasteiger partial charge in [0.1, 0.15) is 11.5 Å². The van der Waals surface area contributed by atoms with Crippen molar-refractivity contribution in [2.24, 2.45) is 5.16 Å². The topological polar surface area (TPSA) is 126 Å². The van der Waals surface area contributed by atoms with Gasteiger partial charge in [-0.05, 0) is 44.4 Å². The summed E-state index contributed by atoms with van der Waals surface area (Å²) in [4.78, 5) is 0. The number of benzene rings is 2. The Morgan fingerprint density at radius 1 is 1.19 bits per heavy atom. The summed E-state index contributed by atoms with van der Waals surface area (Å²) in [7, 11) is 0. The number of hydrogen-bond donors (Lipinski definition) is 3. The molecule has 2 aromatic carbocycles. The third-order valence-electron chi connectivity index (χ3n) is 4.24. The molecule has 4 rings (SSSR count). The second-order valence-corrected chi connectivity index (χ2v) is 7.18. The molecule has 4 aromatic rings. The van der Waals surface area contributed by atoms with E-state index in [1.807, 2.05) is 36.5 Å². The van der Waals surface area contributed by atoms with Gasteiger partial charge in [-0.25, -0.2) is 9.02 Å². The number of halogens is 2. The van der Waals surface area contributed by atoms with Crippen molar-refractivity contribution in [2.75, 3.05) is 17.2 Å². The first-order chi connectivity index (χ1) is 15.1. The Hall–Kier alpha value is -3.80. The van der Waals surface area contributed by atoms with Crippen molar-refractivity contribution in [3.63, 3.8) is 0 Å². The van der Waals surface area contributed by atoms with Crippen LogP contribution < -0.4 is 10.6 Å². The van der Waals surface area contributed by atoms with E-state index in [2.05, 4.69) is 52.3 Å². The molecule has 12 heteroatoms. The Kier molecular flexibility index (Phi) is 6.17. The highest BCUT2D eigenvalue weighted by atomic mass is 79.9. The van der Waals surface area contributed by atoms with E-state index in [0.29, 0.717) is 18.8 Å². The molecule has 158 valence electrons. The molecule has 10 nitrogen and oxygen atoms in total. The predicted molar refractivity (Wildman–Crippen MR) is 114 cm³/mol. The fourth-order valence-electron chi connectivity index (χ4n) is 2.74. The Bertz CT molecular complexity index is 1190. The van der Waals surface area contributed by atoms with E-state index in [0.717, 1.165) is 11.3 Å². The monoisotopic (exact) mass is 486 g/mol. The van der Waals surface area contributed by atoms with Crippen molar-refractivity contribution in [3.8, 4) is 11.3 Å². The van der Waals surface area contributed by atoms with Crippen LogP contribution in [-0.4, -0.2) is 42.9 Å². The van der Waals surface area contributed by atoms with Gasteiger partial charge in [0, 0.05) is 17.8 Å². The summed E-state index contributed by atoms with van der Waals surface area (Å²) >= 11 is 3.10. The van der Waals surface area contributed by atoms with E-state index < -0.39 is 5.82 Å². The molecule has 0 aliphatic heterocycles. The van der Waals surface area contributed by atoms with E-state index in [-0.39, 0.29) is 21.8 Å². The summed E-state index contributed by atoms with van der Waals surface area (Å²) in [6.45, 7) is 0.926. The SMILES string of the molecule is ON=C(Nc1ccc(F)c(Br)c1)c1nonc1NCCn1cc(-c2ccccc2)nn1. The number of hydrogen-bond acceptors (Lipinski definition) is 8. The molecule has 0 fully saturated rings. The molecule has 0 radical (unpaired) electrons. The van der Waals surface area contributed by atoms with Gasteiger partial charge in [0.15, 0.2) is 5.69 Å². The maximum Gasteiger partial charge on any atom is 0.203 e. The second-order valence-electron chi connectivity index (χ2n) is 6.32. The average Bonchev–Trinajstić information content (AvgIpc) is 3.45. The molecule has 0 aliphatic carbocycles. The number of nitrogens with zero attached hydrogens (tertiary/aromatic N) is 6. The summed E-state index contributed by atoms with van der Waals surface area (Å²) < 4.78 is 20.1. The molecule has 0 amide bonds. The third kappa shape index (κ3) is 4.86. The molecule has 0 spiro atoms. The van der Waals surface area contributed by atoms with Crippen LogP contribution in [0.1, 0.15) is 5.69 Å². The largest absolute Gasteiger partial charge is 0.409 e. The molecule has 3 N–H and O–H groups in total. The van der Waals surface area contributed by atoms with Crippen molar-refractivity contribution < 1.29 is 14.2 Å². The van der Waals surface area contributed by atoms with Crippen molar-refractivity contribution in [2.45, 2.75) is 6.54 Å². The smallest absolute Gasteiger partial charge is 0.203 e. The van der Waals surface area contributed by atoms with E-state index in [4.69, 9.17) is 4.63 Å². The Balaban J connectivity index is 1.39. The van der Waals surface area contributed by atoms with Gasteiger partial charge in [-0.3, -0.25) is 4.68 Å². The van der Waals surface area contributed by atoms with Crippen LogP contribution in [0, 0.1) is 5.82 Å². The summed E-state index contributed by atoms with van der Waals surface area (Å²) in [6.07, 6.45) is 1.84. The molecule has 0 bridgehead atoms. The van der Waals surface area contributed by atoms with E-state index in [1.165, 1.54) is 18.2 Å². The van der Waals surface area contributed by atoms with Crippen LogP contribution in [0.3, 0.4) is 0 Å². The Morgan fingerprint density at radius 2 is 2.03 bits per heavy atom. The van der Waals surface area contributed by atoms with Crippen LogP contribution in [0.4, 0.5) is 15.9 Å². The lowest BCUT2D eigenvalue weighted by Gasteiger charge is -2.08. The molecule has 2 aromatic heterocycles. The molecule has 0 aliphatic rings. The minimum atomic E-state index is -0.415. The number of oxime groups is 1. The fourth-order valence-corrected chi connectivity index (χ4v) is 3.12. The van der Waals surface area contributed by atoms with Crippen molar-refractivity contribution in [3.05, 3.63) is 70.7 Å². The summed E-state index contributed by atoms with van der Waals surface area (Å²) in [6, 6.07) is 14.0. The molecule has 0 saturated heterocycles. The van der Waals surface area contributed by atoms with Crippen LogP contribution in [0.2, 0.25) is 0 Å². The number of amidine groups is 1. The predicted octanol–water partition coefficient (Wildman–Crippen LogP) is 3.59. The molecule has 0 atom stereocenters. The fraction of sp³-hybridized carbons (Fsp3) is 0.105. The number of aromatic nitrogens is 5. The number of nitrogens with one attached hydrogen (secondary N) is 2. The highest BCUT2D eigenvalue weighted by molar-refractivity contribution is 9.10. The average molecular weight is 487 g/mol. The second kappa shape index (κ2) is 9.34. The van der Waals surface area contributed by atoms with E-state index in [9.17, 15) is 9.60 Å². The van der Waals surface area contributed by atoms with Gasteiger partial charge in [-0.15, -0.1) is 5.10 Å². The van der Waals surface area contributed by atoms with Gasteiger partial charge in [-0.2, -0.15) is 0 Å². The third-order valence-corrected chi connectivity index (χ3v) is 4.84. The van der Waals surface area contributed by atoms with Gasteiger partial charge in [0.05, 0.1) is 17.2 Å². The highest BCUT2D eigenvalue weighted by Gasteiger charge is 2.18. The molecular weight excluding hydrogens is 471 g/mol. The van der Waals surface area contributed by atoms with Gasteiger partial charge in [-0.1, -0.05) is 40.7 Å². The summed E-state index contributed by atoms with van der Waals surface area (Å²) in [5.74, 6) is -0.165. The lowest BCUT2D eigenvalue weighted by molar-refractivity contribution is 0.305. The zero-order chi connectivity index (χ0) is 21.6. The first-order valence-corrected chi connectivity index (χ1v) is 9.90. The highest BCUT2D eigenvalue weighted by Crippen LogP contribution is 2.21. The molecule has 0 saturated carbocycles. The van der Waals surface area contributed by atoms with Crippen molar-refractivity contribution in [1.29, 1.82) is 0 Å². The van der Waals surface area contributed by atoms with Gasteiger partial charge in [0.2, 0.25) is 11.7 Å². The summed E-state index contributed by atoms with van der Waals surface area (Å²) in [5.41, 5.74) is 2.39. The Labute approximate surface area is 183 Å². The molecule has 0 unspecified atom stereocenters. The minimum absolute atomic E-state index is 0.0191. The Morgan fingerprint density at radius 3 is 2.81 bits per heavy atom. The number of rotatable bonds is 7. The van der Waals surface area contributed by atoms with Crippen LogP contribution in [0.25, 0.3) is 11.3 Å². The maximum absolute atomic E-state index is 13.4. The zero-order valence-electron chi connectivity index (χ0n) is 15.9. The van der Waals surface area contributed by atoms with Crippen LogP contribution in [-0.2, 0) is 6.54 Å². The van der Waals surface area contributed by atoms with Crippen LogP contribution in [0.15, 0.2) is 69.0 Å². The molecule has 31 heavy (non-hydrogen) atoms. The zero-order valence-corrected chi connectivity index (χ0v) is 17.5. The van der Waals surface area contributed by atoms with Gasteiger partial charge in [0.25, 0.3) is 0 Å². The quantitative estimate of drug-likeness (QED) is 0.156.